The van der Waals surface area contributed by atoms with Gasteiger partial charge in [-0.25, -0.2) is 4.98 Å². The lowest BCUT2D eigenvalue weighted by atomic mass is 9.89. The number of carbonyl (C=O) groups is 2. The number of ether oxygens (including phenoxy) is 1. The van der Waals surface area contributed by atoms with Gasteiger partial charge in [-0.3, -0.25) is 14.6 Å². The second kappa shape index (κ2) is 7.98. The zero-order valence-electron chi connectivity index (χ0n) is 14.7. The Morgan fingerprint density at radius 1 is 1.37 bits per heavy atom. The number of nitrogens with zero attached hydrogens (tertiary/aromatic N) is 3. The van der Waals surface area contributed by atoms with Crippen LogP contribution in [0.5, 0.6) is 0 Å². The Morgan fingerprint density at radius 3 is 3.07 bits per heavy atom. The summed E-state index contributed by atoms with van der Waals surface area (Å²) in [6.45, 7) is 0.997. The fourth-order valence-corrected chi connectivity index (χ4v) is 4.24. The van der Waals surface area contributed by atoms with E-state index in [1.54, 1.807) is 28.5 Å². The number of piperidine rings is 1. The molecule has 0 saturated carbocycles. The molecular weight excluding hydrogens is 364 g/mol. The quantitative estimate of drug-likeness (QED) is 0.817. The number of anilines is 1. The fraction of sp³-hybridized carbons (Fsp3) is 0.368. The van der Waals surface area contributed by atoms with Crippen molar-refractivity contribution < 1.29 is 14.3 Å². The van der Waals surface area contributed by atoms with Crippen LogP contribution >= 0.6 is 11.3 Å². The van der Waals surface area contributed by atoms with E-state index < -0.39 is 0 Å². The number of hydrogen-bond acceptors (Lipinski definition) is 6. The first-order valence-electron chi connectivity index (χ1n) is 8.91. The van der Waals surface area contributed by atoms with Crippen LogP contribution in [0.4, 0.5) is 5.82 Å². The predicted molar refractivity (Wildman–Crippen MR) is 102 cm³/mol. The SMILES string of the molecule is O=C(Nc1cnccn1)[C@H]1C[C@H]2OCC[C@H]2N(C(=O)/C=C/c2cccs2)C1. The smallest absolute Gasteiger partial charge is 0.246 e. The average molecular weight is 384 g/mol. The maximum absolute atomic E-state index is 12.8. The predicted octanol–water partition coefficient (Wildman–Crippen LogP) is 2.20. The third-order valence-electron chi connectivity index (χ3n) is 4.91. The topological polar surface area (TPSA) is 84.4 Å². The summed E-state index contributed by atoms with van der Waals surface area (Å²) >= 11 is 1.58. The van der Waals surface area contributed by atoms with Crippen molar-refractivity contribution in [1.29, 1.82) is 0 Å². The lowest BCUT2D eigenvalue weighted by Gasteiger charge is -2.39. The number of likely N-dealkylation sites (tertiary alicyclic amines) is 1. The van der Waals surface area contributed by atoms with Gasteiger partial charge in [0.25, 0.3) is 0 Å². The number of hydrogen-bond donors (Lipinski definition) is 1. The molecule has 2 fully saturated rings. The van der Waals surface area contributed by atoms with Crippen LogP contribution in [-0.2, 0) is 14.3 Å². The van der Waals surface area contributed by atoms with Crippen LogP contribution < -0.4 is 5.32 Å². The van der Waals surface area contributed by atoms with Crippen molar-refractivity contribution in [3.05, 3.63) is 47.1 Å². The second-order valence-corrected chi connectivity index (χ2v) is 7.60. The van der Waals surface area contributed by atoms with Crippen LogP contribution in [0.25, 0.3) is 6.08 Å². The zero-order chi connectivity index (χ0) is 18.6. The van der Waals surface area contributed by atoms with Crippen LogP contribution in [0.1, 0.15) is 17.7 Å². The molecule has 3 atom stereocenters. The van der Waals surface area contributed by atoms with E-state index in [0.717, 1.165) is 11.3 Å². The summed E-state index contributed by atoms with van der Waals surface area (Å²) in [5, 5.41) is 4.75. The molecule has 1 N–H and O–H groups in total. The maximum Gasteiger partial charge on any atom is 0.246 e. The molecule has 0 radical (unpaired) electrons. The summed E-state index contributed by atoms with van der Waals surface area (Å²) in [5.74, 6) is -0.178. The molecule has 140 valence electrons. The van der Waals surface area contributed by atoms with Gasteiger partial charge in [0.05, 0.1) is 24.3 Å². The summed E-state index contributed by atoms with van der Waals surface area (Å²) < 4.78 is 5.79. The molecule has 2 aliphatic heterocycles. The molecule has 27 heavy (non-hydrogen) atoms. The largest absolute Gasteiger partial charge is 0.376 e. The summed E-state index contributed by atoms with van der Waals surface area (Å²) in [4.78, 5) is 36.3. The molecule has 2 amide bonds. The number of aromatic nitrogens is 2. The van der Waals surface area contributed by atoms with Crippen LogP contribution in [-0.4, -0.2) is 52.0 Å². The Morgan fingerprint density at radius 2 is 2.30 bits per heavy atom. The fourth-order valence-electron chi connectivity index (χ4n) is 3.62. The molecule has 2 aromatic rings. The van der Waals surface area contributed by atoms with Gasteiger partial charge in [0.1, 0.15) is 0 Å². The number of thiophene rings is 1. The van der Waals surface area contributed by atoms with Crippen molar-refractivity contribution in [2.45, 2.75) is 25.0 Å². The van der Waals surface area contributed by atoms with Gasteiger partial charge in [-0.05, 0) is 30.4 Å². The molecule has 8 heteroatoms. The van der Waals surface area contributed by atoms with Gasteiger partial charge in [-0.1, -0.05) is 6.07 Å². The molecule has 7 nitrogen and oxygen atoms in total. The van der Waals surface area contributed by atoms with Crippen LogP contribution in [0, 0.1) is 5.92 Å². The normalized spacial score (nSPS) is 24.7. The Balaban J connectivity index is 1.47. The molecular formula is C19H20N4O3S. The van der Waals surface area contributed by atoms with Crippen molar-refractivity contribution in [3.8, 4) is 0 Å². The zero-order valence-corrected chi connectivity index (χ0v) is 15.5. The first kappa shape index (κ1) is 17.8. The highest BCUT2D eigenvalue weighted by molar-refractivity contribution is 7.10. The highest BCUT2D eigenvalue weighted by Gasteiger charge is 2.43. The van der Waals surface area contributed by atoms with Crippen molar-refractivity contribution in [2.24, 2.45) is 5.92 Å². The van der Waals surface area contributed by atoms with Crippen molar-refractivity contribution >= 4 is 35.0 Å². The van der Waals surface area contributed by atoms with Gasteiger partial charge in [-0.2, -0.15) is 0 Å². The molecule has 0 unspecified atom stereocenters. The minimum atomic E-state index is -0.342. The monoisotopic (exact) mass is 384 g/mol. The third-order valence-corrected chi connectivity index (χ3v) is 5.75. The van der Waals surface area contributed by atoms with Gasteiger partial charge in [0, 0.05) is 36.5 Å². The summed E-state index contributed by atoms with van der Waals surface area (Å²) in [7, 11) is 0. The molecule has 2 aliphatic rings. The van der Waals surface area contributed by atoms with Crippen molar-refractivity contribution in [2.75, 3.05) is 18.5 Å². The van der Waals surface area contributed by atoms with Crippen LogP contribution in [0.2, 0.25) is 0 Å². The van der Waals surface area contributed by atoms with E-state index in [9.17, 15) is 9.59 Å². The Hall–Kier alpha value is -2.58. The molecule has 4 rings (SSSR count). The minimum Gasteiger partial charge on any atom is -0.376 e. The Bertz CT molecular complexity index is 825. The minimum absolute atomic E-state index is 0.0334. The van der Waals surface area contributed by atoms with Gasteiger partial charge < -0.3 is 15.0 Å². The van der Waals surface area contributed by atoms with Crippen molar-refractivity contribution in [1.82, 2.24) is 14.9 Å². The van der Waals surface area contributed by atoms with E-state index in [1.807, 2.05) is 23.6 Å². The Labute approximate surface area is 161 Å². The number of carbonyl (C=O) groups excluding carboxylic acids is 2. The highest BCUT2D eigenvalue weighted by atomic mass is 32.1. The van der Waals surface area contributed by atoms with Crippen LogP contribution in [0.3, 0.4) is 0 Å². The molecule has 2 aromatic heterocycles. The van der Waals surface area contributed by atoms with Gasteiger partial charge in [-0.15, -0.1) is 11.3 Å². The molecule has 2 saturated heterocycles. The van der Waals surface area contributed by atoms with Crippen LogP contribution in [0.15, 0.2) is 42.2 Å². The van der Waals surface area contributed by atoms with E-state index in [4.69, 9.17) is 4.74 Å². The third kappa shape index (κ3) is 4.06. The molecule has 0 aromatic carbocycles. The van der Waals surface area contributed by atoms with Crippen molar-refractivity contribution in [3.63, 3.8) is 0 Å². The number of rotatable bonds is 4. The summed E-state index contributed by atoms with van der Waals surface area (Å²) in [6.07, 6.45) is 9.30. The van der Waals surface area contributed by atoms with E-state index in [1.165, 1.54) is 12.4 Å². The first-order chi connectivity index (χ1) is 13.2. The van der Waals surface area contributed by atoms with E-state index in [2.05, 4.69) is 15.3 Å². The lowest BCUT2D eigenvalue weighted by Crippen LogP contribution is -2.53. The van der Waals surface area contributed by atoms with E-state index in [-0.39, 0.29) is 29.9 Å². The molecule has 0 aliphatic carbocycles. The summed E-state index contributed by atoms with van der Waals surface area (Å²) in [6, 6.07) is 3.94. The van der Waals surface area contributed by atoms with Gasteiger partial charge in [0.2, 0.25) is 11.8 Å². The standard InChI is InChI=1S/C19H20N4O3S/c24-18(4-3-14-2-1-9-27-14)23-12-13(10-16-15(23)5-8-26-16)19(25)22-17-11-20-6-7-21-17/h1-4,6-7,9,11,13,15-16H,5,8,10,12H2,(H,21,22,25)/b4-3+/t13-,15+,16+/m0/s1. The average Bonchev–Trinajstić information content (AvgIpc) is 3.37. The molecule has 0 bridgehead atoms. The maximum atomic E-state index is 12.8. The molecule has 0 spiro atoms. The number of amides is 2. The summed E-state index contributed by atoms with van der Waals surface area (Å²) in [5.41, 5.74) is 0. The number of fused-ring (bicyclic) bond motifs is 1. The highest BCUT2D eigenvalue weighted by Crippen LogP contribution is 2.32. The second-order valence-electron chi connectivity index (χ2n) is 6.62. The first-order valence-corrected chi connectivity index (χ1v) is 9.79. The van der Waals surface area contributed by atoms with E-state index in [0.29, 0.717) is 25.4 Å². The molecule has 4 heterocycles. The lowest BCUT2D eigenvalue weighted by molar-refractivity contribution is -0.136. The Kier molecular flexibility index (Phi) is 5.26. The van der Waals surface area contributed by atoms with E-state index >= 15 is 0 Å². The van der Waals surface area contributed by atoms with Gasteiger partial charge >= 0.3 is 0 Å². The number of nitrogens with one attached hydrogen (secondary N) is 1. The van der Waals surface area contributed by atoms with Gasteiger partial charge in [0.15, 0.2) is 5.82 Å².